The average molecular weight is 295 g/mol. The number of nitrogens with zero attached hydrogens (tertiary/aromatic N) is 3. The van der Waals surface area contributed by atoms with Gasteiger partial charge in [-0.05, 0) is 6.42 Å². The van der Waals surface area contributed by atoms with Crippen molar-refractivity contribution in [3.8, 4) is 0 Å². The molecule has 0 amide bonds. The Morgan fingerprint density at radius 1 is 1.65 bits per heavy atom. The monoisotopic (exact) mass is 295 g/mol. The molecule has 1 saturated heterocycles. The van der Waals surface area contributed by atoms with Gasteiger partial charge in [0.25, 0.3) is 0 Å². The predicted molar refractivity (Wildman–Crippen MR) is 77.1 cm³/mol. The van der Waals surface area contributed by atoms with E-state index < -0.39 is 6.10 Å². The SMILES string of the molecule is CCC1O[C@@H](n2cnc3c(=S)[nH]c(NC)nc32)C[C@H]1O. The van der Waals surface area contributed by atoms with Crippen LogP contribution in [0.1, 0.15) is 26.0 Å². The lowest BCUT2D eigenvalue weighted by Crippen LogP contribution is -2.19. The van der Waals surface area contributed by atoms with Crippen LogP contribution in [0.25, 0.3) is 11.2 Å². The molecule has 3 atom stereocenters. The minimum absolute atomic E-state index is 0.139. The molecule has 0 saturated carbocycles. The number of aromatic nitrogens is 4. The van der Waals surface area contributed by atoms with E-state index in [1.165, 1.54) is 0 Å². The van der Waals surface area contributed by atoms with Gasteiger partial charge in [0.1, 0.15) is 16.4 Å². The standard InChI is InChI=1S/C12H17N5O2S/c1-3-7-6(18)4-8(19-7)17-5-14-9-10(17)15-12(13-2)16-11(9)20/h5-8,18H,3-4H2,1-2H3,(H2,13,15,16,20)/t6-,7?,8-/m1/s1. The summed E-state index contributed by atoms with van der Waals surface area (Å²) in [6, 6.07) is 0. The summed E-state index contributed by atoms with van der Waals surface area (Å²) in [5.41, 5.74) is 1.30. The van der Waals surface area contributed by atoms with E-state index in [9.17, 15) is 5.11 Å². The molecule has 20 heavy (non-hydrogen) atoms. The summed E-state index contributed by atoms with van der Waals surface area (Å²) in [4.78, 5) is 11.7. The van der Waals surface area contributed by atoms with E-state index in [0.717, 1.165) is 6.42 Å². The van der Waals surface area contributed by atoms with Crippen LogP contribution in [-0.4, -0.2) is 43.9 Å². The second-order valence-electron chi connectivity index (χ2n) is 4.83. The smallest absolute Gasteiger partial charge is 0.202 e. The number of ether oxygens (including phenoxy) is 1. The third-order valence-corrected chi connectivity index (χ3v) is 3.88. The topological polar surface area (TPSA) is 88.0 Å². The van der Waals surface area contributed by atoms with Gasteiger partial charge in [0.05, 0.1) is 18.5 Å². The zero-order chi connectivity index (χ0) is 14.3. The molecule has 0 spiro atoms. The number of hydrogen-bond donors (Lipinski definition) is 3. The quantitative estimate of drug-likeness (QED) is 0.745. The van der Waals surface area contributed by atoms with Gasteiger partial charge < -0.3 is 20.1 Å². The van der Waals surface area contributed by atoms with Crippen molar-refractivity contribution in [3.05, 3.63) is 11.0 Å². The minimum atomic E-state index is -0.454. The van der Waals surface area contributed by atoms with Gasteiger partial charge in [0.15, 0.2) is 5.65 Å². The van der Waals surface area contributed by atoms with E-state index in [4.69, 9.17) is 17.0 Å². The molecule has 1 unspecified atom stereocenters. The van der Waals surface area contributed by atoms with Gasteiger partial charge in [-0.25, -0.2) is 4.98 Å². The van der Waals surface area contributed by atoms with Gasteiger partial charge in [0.2, 0.25) is 5.95 Å². The van der Waals surface area contributed by atoms with Crippen LogP contribution in [0.4, 0.5) is 5.95 Å². The number of H-pyrrole nitrogens is 1. The Kier molecular flexibility index (Phi) is 3.45. The molecule has 0 aromatic carbocycles. The highest BCUT2D eigenvalue weighted by Crippen LogP contribution is 2.32. The van der Waals surface area contributed by atoms with Crippen LogP contribution in [0.2, 0.25) is 0 Å². The van der Waals surface area contributed by atoms with Gasteiger partial charge in [0, 0.05) is 13.5 Å². The number of imidazole rings is 1. The van der Waals surface area contributed by atoms with Crippen molar-refractivity contribution < 1.29 is 9.84 Å². The maximum atomic E-state index is 9.97. The molecule has 2 aromatic heterocycles. The fourth-order valence-electron chi connectivity index (χ4n) is 2.51. The number of aromatic amines is 1. The molecule has 0 radical (unpaired) electrons. The summed E-state index contributed by atoms with van der Waals surface area (Å²) in [5, 5.41) is 12.9. The zero-order valence-corrected chi connectivity index (χ0v) is 12.1. The number of anilines is 1. The number of aliphatic hydroxyl groups excluding tert-OH is 1. The van der Waals surface area contributed by atoms with Crippen LogP contribution in [0.3, 0.4) is 0 Å². The second kappa shape index (κ2) is 5.12. The number of hydrogen-bond acceptors (Lipinski definition) is 6. The van der Waals surface area contributed by atoms with Crippen molar-refractivity contribution in [1.29, 1.82) is 0 Å². The first kappa shape index (κ1) is 13.5. The number of rotatable bonds is 3. The third kappa shape index (κ3) is 2.09. The number of fused-ring (bicyclic) bond motifs is 1. The number of nitrogens with one attached hydrogen (secondary N) is 2. The summed E-state index contributed by atoms with van der Waals surface area (Å²) in [6.45, 7) is 2.00. The first-order valence-corrected chi connectivity index (χ1v) is 7.03. The fourth-order valence-corrected chi connectivity index (χ4v) is 2.75. The van der Waals surface area contributed by atoms with E-state index in [-0.39, 0.29) is 12.3 Å². The number of aliphatic hydroxyl groups is 1. The minimum Gasteiger partial charge on any atom is -0.390 e. The maximum Gasteiger partial charge on any atom is 0.202 e. The molecule has 1 fully saturated rings. The lowest BCUT2D eigenvalue weighted by molar-refractivity contribution is -0.0183. The Labute approximate surface area is 121 Å². The van der Waals surface area contributed by atoms with Crippen molar-refractivity contribution in [2.75, 3.05) is 12.4 Å². The molecule has 1 aliphatic rings. The highest BCUT2D eigenvalue weighted by molar-refractivity contribution is 7.71. The zero-order valence-electron chi connectivity index (χ0n) is 11.3. The predicted octanol–water partition coefficient (Wildman–Crippen LogP) is 1.59. The molecular formula is C12H17N5O2S. The first-order valence-electron chi connectivity index (χ1n) is 6.62. The molecule has 1 aliphatic heterocycles. The highest BCUT2D eigenvalue weighted by Gasteiger charge is 2.34. The third-order valence-electron chi connectivity index (χ3n) is 3.59. The van der Waals surface area contributed by atoms with Crippen LogP contribution >= 0.6 is 12.2 Å². The van der Waals surface area contributed by atoms with E-state index in [1.54, 1.807) is 13.4 Å². The van der Waals surface area contributed by atoms with E-state index in [1.807, 2.05) is 11.5 Å². The summed E-state index contributed by atoms with van der Waals surface area (Å²) in [6.07, 6.45) is 2.12. The molecule has 3 rings (SSSR count). The Hall–Kier alpha value is -1.51. The van der Waals surface area contributed by atoms with Crippen LogP contribution in [-0.2, 0) is 4.74 Å². The van der Waals surface area contributed by atoms with Gasteiger partial charge in [-0.1, -0.05) is 19.1 Å². The normalized spacial score (nSPS) is 26.2. The molecule has 0 aliphatic carbocycles. The maximum absolute atomic E-state index is 9.97. The summed E-state index contributed by atoms with van der Waals surface area (Å²) >= 11 is 5.26. The lowest BCUT2D eigenvalue weighted by atomic mass is 10.1. The van der Waals surface area contributed by atoms with E-state index in [0.29, 0.717) is 28.2 Å². The molecule has 8 heteroatoms. The lowest BCUT2D eigenvalue weighted by Gasteiger charge is -2.14. The van der Waals surface area contributed by atoms with Crippen molar-refractivity contribution >= 4 is 29.3 Å². The van der Waals surface area contributed by atoms with Crippen molar-refractivity contribution in [1.82, 2.24) is 19.5 Å². The molecular weight excluding hydrogens is 278 g/mol. The van der Waals surface area contributed by atoms with Crippen LogP contribution in [0.5, 0.6) is 0 Å². The molecule has 3 heterocycles. The Bertz CT molecular complexity index is 682. The van der Waals surface area contributed by atoms with Gasteiger partial charge in [-0.3, -0.25) is 4.57 Å². The fraction of sp³-hybridized carbons (Fsp3) is 0.583. The molecule has 7 nitrogen and oxygen atoms in total. The van der Waals surface area contributed by atoms with Crippen LogP contribution < -0.4 is 5.32 Å². The average Bonchev–Trinajstić information content (AvgIpc) is 3.01. The van der Waals surface area contributed by atoms with Gasteiger partial charge >= 0.3 is 0 Å². The molecule has 0 bridgehead atoms. The summed E-state index contributed by atoms with van der Waals surface area (Å²) in [5.74, 6) is 0.579. The van der Waals surface area contributed by atoms with Gasteiger partial charge in [-0.2, -0.15) is 4.98 Å². The van der Waals surface area contributed by atoms with Gasteiger partial charge in [-0.15, -0.1) is 0 Å². The Balaban J connectivity index is 2.05. The summed E-state index contributed by atoms with van der Waals surface area (Å²) in [7, 11) is 1.77. The van der Waals surface area contributed by atoms with E-state index in [2.05, 4.69) is 20.3 Å². The van der Waals surface area contributed by atoms with Crippen LogP contribution in [0, 0.1) is 4.64 Å². The first-order chi connectivity index (χ1) is 9.63. The molecule has 108 valence electrons. The largest absolute Gasteiger partial charge is 0.390 e. The highest BCUT2D eigenvalue weighted by atomic mass is 32.1. The van der Waals surface area contributed by atoms with Crippen LogP contribution in [0.15, 0.2) is 6.33 Å². The Morgan fingerprint density at radius 3 is 3.10 bits per heavy atom. The molecule has 3 N–H and O–H groups in total. The second-order valence-corrected chi connectivity index (χ2v) is 5.24. The summed E-state index contributed by atoms with van der Waals surface area (Å²) < 4.78 is 8.22. The van der Waals surface area contributed by atoms with Crippen molar-refractivity contribution in [2.24, 2.45) is 0 Å². The molecule has 2 aromatic rings. The van der Waals surface area contributed by atoms with Crippen molar-refractivity contribution in [2.45, 2.75) is 38.2 Å². The van der Waals surface area contributed by atoms with E-state index >= 15 is 0 Å². The van der Waals surface area contributed by atoms with Crippen molar-refractivity contribution in [3.63, 3.8) is 0 Å². The Morgan fingerprint density at radius 2 is 2.45 bits per heavy atom.